The monoisotopic (exact) mass is 322 g/mol. The van der Waals surface area contributed by atoms with Gasteiger partial charge in [0.05, 0.1) is 16.7 Å². The molecule has 0 fully saturated rings. The number of hydrogen-bond donors (Lipinski definition) is 0. The Morgan fingerprint density at radius 2 is 1.91 bits per heavy atom. The van der Waals surface area contributed by atoms with Crippen LogP contribution in [0.5, 0.6) is 5.88 Å². The van der Waals surface area contributed by atoms with Crippen molar-refractivity contribution < 1.29 is 17.9 Å². The zero-order valence-electron chi connectivity index (χ0n) is 13.0. The second-order valence-corrected chi connectivity index (χ2v) is 6.99. The predicted octanol–water partition coefficient (Wildman–Crippen LogP) is 2.14. The molecule has 118 valence electrons. The van der Waals surface area contributed by atoms with Gasteiger partial charge in [0.2, 0.25) is 5.88 Å². The Kier molecular flexibility index (Phi) is 4.37. The van der Waals surface area contributed by atoms with Gasteiger partial charge < -0.3 is 4.74 Å². The van der Waals surface area contributed by atoms with Crippen LogP contribution in [0.2, 0.25) is 0 Å². The van der Waals surface area contributed by atoms with E-state index in [4.69, 9.17) is 4.74 Å². The molecule has 7 heteroatoms. The minimum Gasteiger partial charge on any atom is -0.404 e. The van der Waals surface area contributed by atoms with Crippen molar-refractivity contribution in [3.8, 4) is 5.88 Å². The quantitative estimate of drug-likeness (QED) is 0.806. The van der Waals surface area contributed by atoms with Crippen molar-refractivity contribution in [3.63, 3.8) is 0 Å². The Hall–Kier alpha value is -2.15. The Morgan fingerprint density at radius 3 is 2.50 bits per heavy atom. The predicted molar refractivity (Wildman–Crippen MR) is 81.9 cm³/mol. The van der Waals surface area contributed by atoms with Crippen LogP contribution in [0.25, 0.3) is 0 Å². The molecule has 0 N–H and O–H groups in total. The molecule has 0 unspecified atom stereocenters. The summed E-state index contributed by atoms with van der Waals surface area (Å²) >= 11 is 0. The Morgan fingerprint density at radius 1 is 1.23 bits per heavy atom. The highest BCUT2D eigenvalue weighted by Crippen LogP contribution is 2.23. The molecule has 1 heterocycles. The van der Waals surface area contributed by atoms with Crippen molar-refractivity contribution in [1.82, 2.24) is 9.78 Å². The van der Waals surface area contributed by atoms with E-state index in [2.05, 4.69) is 5.10 Å². The number of carbonyl (C=O) groups is 1. The number of aryl methyl sites for hydroxylation is 1. The topological polar surface area (TPSA) is 78.3 Å². The fourth-order valence-corrected chi connectivity index (χ4v) is 3.24. The molecule has 0 spiro atoms. The van der Waals surface area contributed by atoms with Crippen LogP contribution in [0.1, 0.15) is 28.4 Å². The summed E-state index contributed by atoms with van der Waals surface area (Å²) in [6.45, 7) is 5.86. The van der Waals surface area contributed by atoms with Crippen LogP contribution in [-0.2, 0) is 16.4 Å². The van der Waals surface area contributed by atoms with Crippen molar-refractivity contribution in [1.29, 1.82) is 0 Å². The van der Waals surface area contributed by atoms with E-state index in [0.717, 1.165) is 6.26 Å². The van der Waals surface area contributed by atoms with Crippen molar-refractivity contribution in [2.75, 3.05) is 6.26 Å². The summed E-state index contributed by atoms with van der Waals surface area (Å²) in [5, 5.41) is 4.03. The zero-order valence-corrected chi connectivity index (χ0v) is 13.8. The summed E-state index contributed by atoms with van der Waals surface area (Å²) < 4.78 is 30.3. The van der Waals surface area contributed by atoms with E-state index in [9.17, 15) is 13.2 Å². The first-order chi connectivity index (χ1) is 10.3. The smallest absolute Gasteiger partial charge is 0.345 e. The maximum Gasteiger partial charge on any atom is 0.345 e. The standard InChI is InChI=1S/C15H18N2O4S/c1-5-17-14(8-9-16-17)21-15(18)12-6-7-13(22(4,19)20)11(3)10(12)2/h6-9H,5H2,1-4H3. The summed E-state index contributed by atoms with van der Waals surface area (Å²) in [5.74, 6) is -0.174. The zero-order chi connectivity index (χ0) is 16.5. The molecule has 22 heavy (non-hydrogen) atoms. The van der Waals surface area contributed by atoms with E-state index in [-0.39, 0.29) is 4.90 Å². The summed E-state index contributed by atoms with van der Waals surface area (Å²) in [6, 6.07) is 4.52. The molecule has 0 saturated carbocycles. The summed E-state index contributed by atoms with van der Waals surface area (Å²) in [5.41, 5.74) is 1.49. The molecule has 1 aromatic heterocycles. The van der Waals surface area contributed by atoms with Gasteiger partial charge in [-0.1, -0.05) is 0 Å². The Balaban J connectivity index is 2.38. The average Bonchev–Trinajstić information content (AvgIpc) is 2.87. The van der Waals surface area contributed by atoms with E-state index in [1.165, 1.54) is 12.1 Å². The summed E-state index contributed by atoms with van der Waals surface area (Å²) in [4.78, 5) is 12.5. The molecule has 6 nitrogen and oxygen atoms in total. The van der Waals surface area contributed by atoms with Gasteiger partial charge >= 0.3 is 5.97 Å². The second-order valence-electron chi connectivity index (χ2n) is 5.01. The highest BCUT2D eigenvalue weighted by Gasteiger charge is 2.19. The van der Waals surface area contributed by atoms with Crippen molar-refractivity contribution >= 4 is 15.8 Å². The molecule has 0 aliphatic carbocycles. The molecule has 1 aromatic carbocycles. The minimum atomic E-state index is -3.33. The SMILES string of the molecule is CCn1nccc1OC(=O)c1ccc(S(C)(=O)=O)c(C)c1C. The van der Waals surface area contributed by atoms with Crippen LogP contribution in [0, 0.1) is 13.8 Å². The summed E-state index contributed by atoms with van der Waals surface area (Å²) in [6.07, 6.45) is 2.70. The highest BCUT2D eigenvalue weighted by molar-refractivity contribution is 7.90. The van der Waals surface area contributed by atoms with Crippen LogP contribution in [-0.4, -0.2) is 30.4 Å². The highest BCUT2D eigenvalue weighted by atomic mass is 32.2. The largest absolute Gasteiger partial charge is 0.404 e. The molecule has 2 aromatic rings. The molecule has 0 radical (unpaired) electrons. The van der Waals surface area contributed by atoms with Gasteiger partial charge in [-0.3, -0.25) is 0 Å². The molecular formula is C15H18N2O4S. The number of aromatic nitrogens is 2. The molecule has 0 atom stereocenters. The number of ether oxygens (including phenoxy) is 1. The van der Waals surface area contributed by atoms with Gasteiger partial charge in [0, 0.05) is 18.9 Å². The molecule has 0 aliphatic rings. The van der Waals surface area contributed by atoms with E-state index in [0.29, 0.717) is 29.1 Å². The number of carbonyl (C=O) groups excluding carboxylic acids is 1. The van der Waals surface area contributed by atoms with Crippen LogP contribution >= 0.6 is 0 Å². The maximum absolute atomic E-state index is 12.3. The number of rotatable bonds is 4. The normalized spacial score (nSPS) is 11.5. The first kappa shape index (κ1) is 16.2. The third-order valence-electron chi connectivity index (χ3n) is 3.53. The van der Waals surface area contributed by atoms with Gasteiger partial charge in [0.25, 0.3) is 0 Å². The lowest BCUT2D eigenvalue weighted by atomic mass is 10.0. The lowest BCUT2D eigenvalue weighted by Gasteiger charge is -2.12. The molecule has 0 aliphatic heterocycles. The first-order valence-corrected chi connectivity index (χ1v) is 8.69. The van der Waals surface area contributed by atoms with E-state index >= 15 is 0 Å². The number of hydrogen-bond acceptors (Lipinski definition) is 5. The van der Waals surface area contributed by atoms with E-state index < -0.39 is 15.8 Å². The lowest BCUT2D eigenvalue weighted by molar-refractivity contribution is 0.0717. The van der Waals surface area contributed by atoms with Crippen molar-refractivity contribution in [2.45, 2.75) is 32.2 Å². The lowest BCUT2D eigenvalue weighted by Crippen LogP contribution is -2.15. The Bertz CT molecular complexity index is 822. The number of benzene rings is 1. The number of nitrogens with zero attached hydrogens (tertiary/aromatic N) is 2. The van der Waals surface area contributed by atoms with Crippen LogP contribution in [0.4, 0.5) is 0 Å². The van der Waals surface area contributed by atoms with Crippen molar-refractivity contribution in [3.05, 3.63) is 41.1 Å². The van der Waals surface area contributed by atoms with Crippen LogP contribution < -0.4 is 4.74 Å². The van der Waals surface area contributed by atoms with E-state index in [1.807, 2.05) is 6.92 Å². The average molecular weight is 322 g/mol. The third kappa shape index (κ3) is 3.04. The van der Waals surface area contributed by atoms with Gasteiger partial charge in [-0.2, -0.15) is 5.10 Å². The fourth-order valence-electron chi connectivity index (χ4n) is 2.21. The van der Waals surface area contributed by atoms with E-state index in [1.54, 1.807) is 30.8 Å². The van der Waals surface area contributed by atoms with Crippen LogP contribution in [0.3, 0.4) is 0 Å². The van der Waals surface area contributed by atoms with Gasteiger partial charge in [-0.25, -0.2) is 17.9 Å². The Labute approximate surface area is 129 Å². The molecular weight excluding hydrogens is 304 g/mol. The maximum atomic E-state index is 12.3. The van der Waals surface area contributed by atoms with Crippen molar-refractivity contribution in [2.24, 2.45) is 0 Å². The first-order valence-electron chi connectivity index (χ1n) is 6.80. The van der Waals surface area contributed by atoms with Gasteiger partial charge in [-0.05, 0) is 44.0 Å². The molecule has 0 bridgehead atoms. The van der Waals surface area contributed by atoms with Crippen LogP contribution in [0.15, 0.2) is 29.3 Å². The molecule has 2 rings (SSSR count). The minimum absolute atomic E-state index is 0.222. The molecule has 0 saturated heterocycles. The molecule has 0 amide bonds. The fraction of sp³-hybridized carbons (Fsp3) is 0.333. The number of sulfone groups is 1. The second kappa shape index (κ2) is 5.92. The third-order valence-corrected chi connectivity index (χ3v) is 4.77. The van der Waals surface area contributed by atoms with Gasteiger partial charge in [0.1, 0.15) is 0 Å². The van der Waals surface area contributed by atoms with Gasteiger partial charge in [-0.15, -0.1) is 0 Å². The summed E-state index contributed by atoms with van der Waals surface area (Å²) in [7, 11) is -3.33. The van der Waals surface area contributed by atoms with Gasteiger partial charge in [0.15, 0.2) is 9.84 Å². The number of esters is 1.